The number of piperidine rings is 1. The Kier molecular flexibility index (Phi) is 6.52. The number of esters is 1. The first kappa shape index (κ1) is 22.0. The fourth-order valence-electron chi connectivity index (χ4n) is 4.46. The van der Waals surface area contributed by atoms with Crippen molar-refractivity contribution in [2.24, 2.45) is 5.92 Å². The van der Waals surface area contributed by atoms with Gasteiger partial charge in [0.1, 0.15) is 5.60 Å². The summed E-state index contributed by atoms with van der Waals surface area (Å²) in [5.74, 6) is -0.290. The molecule has 4 heteroatoms. The molecule has 2 N–H and O–H groups in total. The van der Waals surface area contributed by atoms with E-state index >= 15 is 0 Å². The molecule has 0 aliphatic carbocycles. The van der Waals surface area contributed by atoms with E-state index in [9.17, 15) is 9.59 Å². The van der Waals surface area contributed by atoms with Crippen LogP contribution in [0.1, 0.15) is 53.0 Å². The van der Waals surface area contributed by atoms with Crippen LogP contribution < -0.4 is 5.32 Å². The van der Waals surface area contributed by atoms with Gasteiger partial charge >= 0.3 is 5.97 Å². The maximum atomic E-state index is 13.3. The summed E-state index contributed by atoms with van der Waals surface area (Å²) in [6.45, 7) is 6.07. The molecule has 0 aromatic heterocycles. The number of carbonyl (C=O) groups excluding carboxylic acids is 2. The van der Waals surface area contributed by atoms with Crippen molar-refractivity contribution in [3.8, 4) is 11.1 Å². The van der Waals surface area contributed by atoms with Crippen molar-refractivity contribution in [3.63, 3.8) is 0 Å². The van der Waals surface area contributed by atoms with Gasteiger partial charge in [0.25, 0.3) is 0 Å². The van der Waals surface area contributed by atoms with Gasteiger partial charge in [-0.05, 0) is 31.0 Å². The molecule has 4 rings (SSSR count). The lowest BCUT2D eigenvalue weighted by Gasteiger charge is -2.35. The highest BCUT2D eigenvalue weighted by molar-refractivity contribution is 6.14. The Labute approximate surface area is 189 Å². The average molecular weight is 429 g/mol. The van der Waals surface area contributed by atoms with Crippen LogP contribution in [0.3, 0.4) is 0 Å². The fraction of sp³-hybridized carbons (Fsp3) is 0.286. The van der Waals surface area contributed by atoms with Gasteiger partial charge in [-0.25, -0.2) is 4.79 Å². The van der Waals surface area contributed by atoms with E-state index < -0.39 is 11.6 Å². The average Bonchev–Trinajstić information content (AvgIpc) is 2.84. The van der Waals surface area contributed by atoms with Gasteiger partial charge in [0.15, 0.2) is 5.78 Å². The summed E-state index contributed by atoms with van der Waals surface area (Å²) in [4.78, 5) is 26.4. The SMILES string of the molecule is CC(C)(OC(=O)c1ccccc1C(=O)c1ccc(-c2ccccc2)cc1)C1CC[NH2+]CC1. The standard InChI is InChI=1S/C28H29NO3/c1-28(2,23-16-18-29-19-17-23)32-27(31)25-11-7-6-10-24(25)26(30)22-14-12-21(13-15-22)20-8-4-3-5-9-20/h3-15,23,29H,16-19H2,1-2H3/p+1. The van der Waals surface area contributed by atoms with E-state index in [-0.39, 0.29) is 5.78 Å². The maximum Gasteiger partial charge on any atom is 0.339 e. The van der Waals surface area contributed by atoms with Gasteiger partial charge in [-0.15, -0.1) is 0 Å². The monoisotopic (exact) mass is 428 g/mol. The van der Waals surface area contributed by atoms with Crippen LogP contribution in [0.25, 0.3) is 11.1 Å². The minimum absolute atomic E-state index is 0.178. The van der Waals surface area contributed by atoms with Crippen LogP contribution in [0.15, 0.2) is 78.9 Å². The lowest BCUT2D eigenvalue weighted by Crippen LogP contribution is -2.86. The van der Waals surface area contributed by atoms with Gasteiger partial charge in [0.05, 0.1) is 18.7 Å². The number of nitrogens with two attached hydrogens (primary N) is 1. The Morgan fingerprint density at radius 3 is 2.00 bits per heavy atom. The molecule has 0 amide bonds. The first-order chi connectivity index (χ1) is 15.5. The number of ketones is 1. The first-order valence-corrected chi connectivity index (χ1v) is 11.3. The quantitative estimate of drug-likeness (QED) is 0.465. The number of ether oxygens (including phenoxy) is 1. The summed E-state index contributed by atoms with van der Waals surface area (Å²) in [6, 6.07) is 24.5. The van der Waals surface area contributed by atoms with Crippen LogP contribution in [-0.2, 0) is 4.74 Å². The van der Waals surface area contributed by atoms with E-state index in [0.29, 0.717) is 22.6 Å². The van der Waals surface area contributed by atoms with Crippen molar-refractivity contribution in [2.75, 3.05) is 13.1 Å². The molecule has 0 radical (unpaired) electrons. The molecule has 1 aliphatic heterocycles. The second-order valence-electron chi connectivity index (χ2n) is 8.95. The second kappa shape index (κ2) is 9.49. The first-order valence-electron chi connectivity index (χ1n) is 11.3. The zero-order chi connectivity index (χ0) is 22.6. The summed E-state index contributed by atoms with van der Waals surface area (Å²) in [5.41, 5.74) is 2.81. The highest BCUT2D eigenvalue weighted by Crippen LogP contribution is 2.30. The Bertz CT molecular complexity index is 1080. The van der Waals surface area contributed by atoms with E-state index in [1.165, 1.54) is 0 Å². The van der Waals surface area contributed by atoms with E-state index in [4.69, 9.17) is 4.74 Å². The topological polar surface area (TPSA) is 60.0 Å². The maximum absolute atomic E-state index is 13.3. The summed E-state index contributed by atoms with van der Waals surface area (Å²) < 4.78 is 5.96. The van der Waals surface area contributed by atoms with Crippen molar-refractivity contribution in [2.45, 2.75) is 32.3 Å². The predicted octanol–water partition coefficient (Wildman–Crippen LogP) is 4.49. The molecule has 164 valence electrons. The smallest absolute Gasteiger partial charge is 0.339 e. The third-order valence-electron chi connectivity index (χ3n) is 6.42. The summed E-state index contributed by atoms with van der Waals surface area (Å²) >= 11 is 0. The molecule has 1 aliphatic rings. The number of hydrogen-bond donors (Lipinski definition) is 1. The van der Waals surface area contributed by atoms with Crippen LogP contribution in [0.5, 0.6) is 0 Å². The predicted molar refractivity (Wildman–Crippen MR) is 126 cm³/mol. The Hall–Kier alpha value is -3.24. The minimum atomic E-state index is -0.571. The molecular formula is C28H30NO3+. The third kappa shape index (κ3) is 4.81. The van der Waals surface area contributed by atoms with Crippen LogP contribution >= 0.6 is 0 Å². The van der Waals surface area contributed by atoms with Gasteiger partial charge in [-0.3, -0.25) is 4.79 Å². The second-order valence-corrected chi connectivity index (χ2v) is 8.95. The summed E-state index contributed by atoms with van der Waals surface area (Å²) in [6.07, 6.45) is 2.04. The molecule has 0 atom stereocenters. The Morgan fingerprint density at radius 2 is 1.34 bits per heavy atom. The number of hydrogen-bond acceptors (Lipinski definition) is 3. The Balaban J connectivity index is 1.55. The minimum Gasteiger partial charge on any atom is -0.456 e. The van der Waals surface area contributed by atoms with E-state index in [0.717, 1.165) is 37.1 Å². The highest BCUT2D eigenvalue weighted by atomic mass is 16.6. The zero-order valence-electron chi connectivity index (χ0n) is 18.7. The zero-order valence-corrected chi connectivity index (χ0v) is 18.7. The molecule has 0 saturated carbocycles. The van der Waals surface area contributed by atoms with Crippen LogP contribution in [0.2, 0.25) is 0 Å². The molecule has 32 heavy (non-hydrogen) atoms. The van der Waals surface area contributed by atoms with Crippen molar-refractivity contribution < 1.29 is 19.6 Å². The Morgan fingerprint density at radius 1 is 0.781 bits per heavy atom. The lowest BCUT2D eigenvalue weighted by molar-refractivity contribution is -0.665. The van der Waals surface area contributed by atoms with Crippen molar-refractivity contribution in [1.29, 1.82) is 0 Å². The molecule has 4 nitrogen and oxygen atoms in total. The molecular weight excluding hydrogens is 398 g/mol. The molecule has 1 saturated heterocycles. The van der Waals surface area contributed by atoms with Gasteiger partial charge in [-0.1, -0.05) is 72.8 Å². The van der Waals surface area contributed by atoms with Crippen LogP contribution in [0, 0.1) is 5.92 Å². The van der Waals surface area contributed by atoms with Gasteiger partial charge in [0.2, 0.25) is 0 Å². The fourth-order valence-corrected chi connectivity index (χ4v) is 4.46. The van der Waals surface area contributed by atoms with E-state index in [2.05, 4.69) is 5.32 Å². The lowest BCUT2D eigenvalue weighted by atomic mass is 9.83. The largest absolute Gasteiger partial charge is 0.456 e. The van der Waals surface area contributed by atoms with Crippen molar-refractivity contribution in [1.82, 2.24) is 0 Å². The molecule has 0 spiro atoms. The van der Waals surface area contributed by atoms with Crippen LogP contribution in [0.4, 0.5) is 0 Å². The molecule has 1 heterocycles. The molecule has 0 bridgehead atoms. The molecule has 0 unspecified atom stereocenters. The molecule has 3 aromatic rings. The van der Waals surface area contributed by atoms with E-state index in [1.807, 2.05) is 68.4 Å². The number of rotatable bonds is 6. The highest BCUT2D eigenvalue weighted by Gasteiger charge is 2.36. The van der Waals surface area contributed by atoms with E-state index in [1.54, 1.807) is 24.3 Å². The van der Waals surface area contributed by atoms with Crippen molar-refractivity contribution in [3.05, 3.63) is 95.6 Å². The number of quaternary nitrogens is 1. The molecule has 3 aromatic carbocycles. The number of carbonyl (C=O) groups is 2. The van der Waals surface area contributed by atoms with Gasteiger partial charge in [0, 0.05) is 29.9 Å². The summed E-state index contributed by atoms with van der Waals surface area (Å²) in [7, 11) is 0. The molecule has 1 fully saturated rings. The number of benzene rings is 3. The van der Waals surface area contributed by atoms with Crippen molar-refractivity contribution >= 4 is 11.8 Å². The van der Waals surface area contributed by atoms with Gasteiger partial charge < -0.3 is 10.1 Å². The normalized spacial score (nSPS) is 14.7. The van der Waals surface area contributed by atoms with Gasteiger partial charge in [-0.2, -0.15) is 0 Å². The summed E-state index contributed by atoms with van der Waals surface area (Å²) in [5, 5.41) is 2.30. The third-order valence-corrected chi connectivity index (χ3v) is 6.42. The van der Waals surface area contributed by atoms with Crippen LogP contribution in [-0.4, -0.2) is 30.4 Å².